The number of aromatic nitrogens is 4. The first-order valence-corrected chi connectivity index (χ1v) is 9.42. The van der Waals surface area contributed by atoms with Gasteiger partial charge < -0.3 is 9.88 Å². The van der Waals surface area contributed by atoms with Crippen LogP contribution in [0, 0.1) is 12.8 Å². The third-order valence-electron chi connectivity index (χ3n) is 5.24. The Balaban J connectivity index is 1.34. The van der Waals surface area contributed by atoms with Gasteiger partial charge in [-0.15, -0.1) is 0 Å². The van der Waals surface area contributed by atoms with E-state index >= 15 is 0 Å². The van der Waals surface area contributed by atoms with Gasteiger partial charge in [0, 0.05) is 32.0 Å². The van der Waals surface area contributed by atoms with Gasteiger partial charge in [0.05, 0.1) is 42.3 Å². The first-order chi connectivity index (χ1) is 12.6. The Labute approximate surface area is 153 Å². The van der Waals surface area contributed by atoms with Crippen LogP contribution in [0.15, 0.2) is 18.6 Å². The number of carbonyl (C=O) groups excluding carboxylic acids is 1. The minimum atomic E-state index is -0.0367. The molecule has 2 aliphatic rings. The summed E-state index contributed by atoms with van der Waals surface area (Å²) < 4.78 is 2.21. The number of rotatable bonds is 6. The molecule has 2 aromatic heterocycles. The predicted molar refractivity (Wildman–Crippen MR) is 97.3 cm³/mol. The highest BCUT2D eigenvalue weighted by Gasteiger charge is 2.31. The highest BCUT2D eigenvalue weighted by Crippen LogP contribution is 2.33. The Hall–Kier alpha value is -2.28. The van der Waals surface area contributed by atoms with Crippen molar-refractivity contribution in [2.45, 2.75) is 52.2 Å². The number of fused-ring (bicyclic) bond motifs is 1. The molecule has 1 aliphatic carbocycles. The molecule has 0 bridgehead atoms. The molecule has 0 saturated heterocycles. The van der Waals surface area contributed by atoms with Crippen LogP contribution in [0.25, 0.3) is 0 Å². The van der Waals surface area contributed by atoms with Crippen molar-refractivity contribution in [2.24, 2.45) is 5.92 Å². The lowest BCUT2D eigenvalue weighted by Gasteiger charge is -2.33. The summed E-state index contributed by atoms with van der Waals surface area (Å²) in [6.45, 7) is 7.72. The van der Waals surface area contributed by atoms with E-state index in [1.807, 2.05) is 13.1 Å². The smallest absolute Gasteiger partial charge is 0.226 e. The third-order valence-corrected chi connectivity index (χ3v) is 5.24. The van der Waals surface area contributed by atoms with Crippen LogP contribution in [-0.4, -0.2) is 43.4 Å². The third kappa shape index (κ3) is 3.93. The van der Waals surface area contributed by atoms with E-state index in [0.29, 0.717) is 19.0 Å². The number of hydrogen-bond acceptors (Lipinski definition) is 5. The molecule has 4 rings (SSSR count). The lowest BCUT2D eigenvalue weighted by molar-refractivity contribution is -0.120. The predicted octanol–water partition coefficient (Wildman–Crippen LogP) is 1.63. The van der Waals surface area contributed by atoms with Crippen LogP contribution in [0.5, 0.6) is 0 Å². The average molecular weight is 354 g/mol. The molecule has 3 heterocycles. The second-order valence-corrected chi connectivity index (χ2v) is 7.50. The number of imidazole rings is 1. The number of carbonyl (C=O) groups is 1. The molecule has 1 N–H and O–H groups in total. The van der Waals surface area contributed by atoms with Crippen molar-refractivity contribution in [1.29, 1.82) is 0 Å². The number of aryl methyl sites for hydroxylation is 1. The van der Waals surface area contributed by atoms with E-state index in [2.05, 4.69) is 31.7 Å². The zero-order valence-electron chi connectivity index (χ0n) is 15.5. The van der Waals surface area contributed by atoms with E-state index in [0.717, 1.165) is 41.9 Å². The second-order valence-electron chi connectivity index (χ2n) is 7.50. The van der Waals surface area contributed by atoms with E-state index in [1.165, 1.54) is 19.4 Å². The van der Waals surface area contributed by atoms with Gasteiger partial charge in [0.25, 0.3) is 0 Å². The fourth-order valence-electron chi connectivity index (χ4n) is 3.49. The van der Waals surface area contributed by atoms with Gasteiger partial charge in [-0.3, -0.25) is 19.7 Å². The summed E-state index contributed by atoms with van der Waals surface area (Å²) in [5.74, 6) is 1.93. The molecule has 1 atom stereocenters. The summed E-state index contributed by atoms with van der Waals surface area (Å²) >= 11 is 0. The molecule has 0 aromatic carbocycles. The monoisotopic (exact) mass is 354 g/mol. The van der Waals surface area contributed by atoms with Crippen molar-refractivity contribution in [3.8, 4) is 0 Å². The van der Waals surface area contributed by atoms with E-state index in [-0.39, 0.29) is 5.91 Å². The van der Waals surface area contributed by atoms with Gasteiger partial charge in [0.2, 0.25) is 5.91 Å². The summed E-state index contributed by atoms with van der Waals surface area (Å²) in [5, 5.41) is 2.90. The van der Waals surface area contributed by atoms with Crippen molar-refractivity contribution >= 4 is 5.91 Å². The van der Waals surface area contributed by atoms with Crippen molar-refractivity contribution in [3.05, 3.63) is 41.5 Å². The SMILES string of the molecule is Cc1cnc(CNC(=O)Cc2cn3c(n2)C(C)N(CC2CC2)CC3)cn1. The molecule has 1 fully saturated rings. The molecule has 138 valence electrons. The van der Waals surface area contributed by atoms with E-state index in [4.69, 9.17) is 4.98 Å². The lowest BCUT2D eigenvalue weighted by atomic mass is 10.2. The Morgan fingerprint density at radius 2 is 2.08 bits per heavy atom. The fraction of sp³-hybridized carbons (Fsp3) is 0.579. The number of hydrogen-bond donors (Lipinski definition) is 1. The fourth-order valence-corrected chi connectivity index (χ4v) is 3.49. The van der Waals surface area contributed by atoms with Crippen molar-refractivity contribution < 1.29 is 4.79 Å². The molecular formula is C19H26N6O. The Bertz CT molecular complexity index is 780. The maximum Gasteiger partial charge on any atom is 0.226 e. The van der Waals surface area contributed by atoms with Crippen LogP contribution in [0.2, 0.25) is 0 Å². The van der Waals surface area contributed by atoms with Crippen molar-refractivity contribution in [3.63, 3.8) is 0 Å². The van der Waals surface area contributed by atoms with Gasteiger partial charge >= 0.3 is 0 Å². The van der Waals surface area contributed by atoms with Crippen LogP contribution >= 0.6 is 0 Å². The van der Waals surface area contributed by atoms with E-state index < -0.39 is 0 Å². The minimum Gasteiger partial charge on any atom is -0.350 e. The summed E-state index contributed by atoms with van der Waals surface area (Å²) in [6, 6.07) is 0.323. The maximum absolute atomic E-state index is 12.2. The molecule has 1 aliphatic heterocycles. The molecule has 1 saturated carbocycles. The topological polar surface area (TPSA) is 75.9 Å². The molecule has 26 heavy (non-hydrogen) atoms. The number of nitrogens with zero attached hydrogens (tertiary/aromatic N) is 5. The van der Waals surface area contributed by atoms with Crippen LogP contribution in [0.3, 0.4) is 0 Å². The number of amides is 1. The minimum absolute atomic E-state index is 0.0367. The summed E-state index contributed by atoms with van der Waals surface area (Å²) in [5.41, 5.74) is 2.47. The molecule has 7 heteroatoms. The zero-order chi connectivity index (χ0) is 18.1. The molecule has 7 nitrogen and oxygen atoms in total. The van der Waals surface area contributed by atoms with E-state index in [1.54, 1.807) is 12.4 Å². The Kier molecular flexibility index (Phi) is 4.72. The first kappa shape index (κ1) is 17.1. The number of nitrogens with one attached hydrogen (secondary N) is 1. The van der Waals surface area contributed by atoms with Gasteiger partial charge in [-0.1, -0.05) is 0 Å². The molecule has 1 unspecified atom stereocenters. The highest BCUT2D eigenvalue weighted by molar-refractivity contribution is 5.78. The summed E-state index contributed by atoms with van der Waals surface area (Å²) in [6.07, 6.45) is 8.48. The molecule has 2 aromatic rings. The molecule has 0 spiro atoms. The maximum atomic E-state index is 12.2. The summed E-state index contributed by atoms with van der Waals surface area (Å²) in [7, 11) is 0. The normalized spacial score (nSPS) is 20.0. The first-order valence-electron chi connectivity index (χ1n) is 9.42. The quantitative estimate of drug-likeness (QED) is 0.853. The van der Waals surface area contributed by atoms with Crippen LogP contribution < -0.4 is 5.32 Å². The van der Waals surface area contributed by atoms with Crippen LogP contribution in [-0.2, 0) is 24.3 Å². The van der Waals surface area contributed by atoms with Crippen LogP contribution in [0.1, 0.15) is 48.7 Å². The van der Waals surface area contributed by atoms with Gasteiger partial charge in [0.1, 0.15) is 5.82 Å². The second kappa shape index (κ2) is 7.15. The van der Waals surface area contributed by atoms with Gasteiger partial charge in [-0.05, 0) is 32.6 Å². The van der Waals surface area contributed by atoms with Crippen LogP contribution in [0.4, 0.5) is 0 Å². The van der Waals surface area contributed by atoms with Gasteiger partial charge in [0.15, 0.2) is 0 Å². The molecule has 0 radical (unpaired) electrons. The molecular weight excluding hydrogens is 328 g/mol. The van der Waals surface area contributed by atoms with Crippen molar-refractivity contribution in [1.82, 2.24) is 29.7 Å². The van der Waals surface area contributed by atoms with E-state index in [9.17, 15) is 4.79 Å². The van der Waals surface area contributed by atoms with Crippen molar-refractivity contribution in [2.75, 3.05) is 13.1 Å². The van der Waals surface area contributed by atoms with Gasteiger partial charge in [-0.25, -0.2) is 4.98 Å². The lowest BCUT2D eigenvalue weighted by Crippen LogP contribution is -2.38. The Morgan fingerprint density at radius 1 is 1.23 bits per heavy atom. The molecule has 1 amide bonds. The largest absolute Gasteiger partial charge is 0.350 e. The zero-order valence-corrected chi connectivity index (χ0v) is 15.5. The average Bonchev–Trinajstić information content (AvgIpc) is 3.35. The standard InChI is InChI=1S/C19H26N6O/c1-13-8-21-17(9-20-13)10-22-18(26)7-16-12-25-6-5-24(11-15-3-4-15)14(2)19(25)23-16/h8-9,12,14-15H,3-7,10-11H2,1-2H3,(H,22,26). The van der Waals surface area contributed by atoms with Gasteiger partial charge in [-0.2, -0.15) is 0 Å². The Morgan fingerprint density at radius 3 is 2.81 bits per heavy atom. The highest BCUT2D eigenvalue weighted by atomic mass is 16.1. The summed E-state index contributed by atoms with van der Waals surface area (Å²) in [4.78, 5) is 28.0.